The van der Waals surface area contributed by atoms with Gasteiger partial charge in [0.1, 0.15) is 0 Å². The lowest BCUT2D eigenvalue weighted by molar-refractivity contribution is -0.133. The minimum atomic E-state index is -0.811. The highest BCUT2D eigenvalue weighted by Gasteiger charge is 2.50. The third-order valence-corrected chi connectivity index (χ3v) is 3.54. The summed E-state index contributed by atoms with van der Waals surface area (Å²) in [5, 5.41) is 11.2. The monoisotopic (exact) mass is 231 g/mol. The molecule has 0 bridgehead atoms. The molecule has 1 amide bonds. The van der Waals surface area contributed by atoms with E-state index < -0.39 is 5.97 Å². The molecule has 2 N–H and O–H groups in total. The number of nitrogens with one attached hydrogen (secondary N) is 1. The van der Waals surface area contributed by atoms with Gasteiger partial charge in [0.2, 0.25) is 5.91 Å². The first-order chi connectivity index (χ1) is 6.93. The first-order valence-corrected chi connectivity index (χ1v) is 6.16. The summed E-state index contributed by atoms with van der Waals surface area (Å²) in [7, 11) is 0. The fourth-order valence-corrected chi connectivity index (χ4v) is 2.01. The van der Waals surface area contributed by atoms with E-state index >= 15 is 0 Å². The van der Waals surface area contributed by atoms with E-state index in [0.29, 0.717) is 12.3 Å². The molecule has 0 aliphatic heterocycles. The minimum Gasteiger partial charge on any atom is -0.481 e. The molecular formula is C10H17NO3S. The van der Waals surface area contributed by atoms with Crippen molar-refractivity contribution in [3.8, 4) is 0 Å². The Morgan fingerprint density at radius 1 is 1.53 bits per heavy atom. The van der Waals surface area contributed by atoms with Crippen LogP contribution in [-0.2, 0) is 9.59 Å². The van der Waals surface area contributed by atoms with E-state index in [2.05, 4.69) is 19.2 Å². The van der Waals surface area contributed by atoms with E-state index in [4.69, 9.17) is 5.11 Å². The highest BCUT2D eigenvalue weighted by atomic mass is 32.2. The molecule has 1 fully saturated rings. The molecular weight excluding hydrogens is 214 g/mol. The van der Waals surface area contributed by atoms with Gasteiger partial charge in [0.25, 0.3) is 0 Å². The Labute approximate surface area is 93.8 Å². The number of rotatable bonds is 6. The molecule has 0 heterocycles. The number of aliphatic carboxylic acids is 1. The van der Waals surface area contributed by atoms with Gasteiger partial charge in [-0.3, -0.25) is 9.59 Å². The van der Waals surface area contributed by atoms with Crippen molar-refractivity contribution in [1.29, 1.82) is 0 Å². The van der Waals surface area contributed by atoms with Crippen LogP contribution in [0.2, 0.25) is 0 Å². The molecule has 1 aliphatic rings. The molecule has 4 nitrogen and oxygen atoms in total. The molecule has 0 saturated heterocycles. The van der Waals surface area contributed by atoms with Crippen molar-refractivity contribution in [1.82, 2.24) is 5.32 Å². The van der Waals surface area contributed by atoms with E-state index in [-0.39, 0.29) is 23.0 Å². The molecule has 5 heteroatoms. The van der Waals surface area contributed by atoms with Crippen LogP contribution in [0, 0.1) is 11.3 Å². The summed E-state index contributed by atoms with van der Waals surface area (Å²) in [4.78, 5) is 21.7. The number of thioether (sulfide) groups is 1. The first-order valence-electron chi connectivity index (χ1n) is 5.01. The lowest BCUT2D eigenvalue weighted by Crippen LogP contribution is -2.28. The van der Waals surface area contributed by atoms with Crippen LogP contribution >= 0.6 is 11.8 Å². The van der Waals surface area contributed by atoms with Crippen LogP contribution in [0.15, 0.2) is 0 Å². The lowest BCUT2D eigenvalue weighted by Gasteiger charge is -2.05. The Balaban J connectivity index is 2.01. The van der Waals surface area contributed by atoms with Crippen molar-refractivity contribution in [3.05, 3.63) is 0 Å². The molecule has 0 unspecified atom stereocenters. The summed E-state index contributed by atoms with van der Waals surface area (Å²) in [5.41, 5.74) is 0.165. The maximum absolute atomic E-state index is 11.5. The van der Waals surface area contributed by atoms with Crippen LogP contribution in [-0.4, -0.2) is 35.0 Å². The van der Waals surface area contributed by atoms with E-state index in [0.717, 1.165) is 6.42 Å². The predicted molar refractivity (Wildman–Crippen MR) is 59.9 cm³/mol. The van der Waals surface area contributed by atoms with Crippen molar-refractivity contribution in [2.24, 2.45) is 11.3 Å². The van der Waals surface area contributed by atoms with Gasteiger partial charge in [-0.2, -0.15) is 0 Å². The highest BCUT2D eigenvalue weighted by Crippen LogP contribution is 2.51. The minimum absolute atomic E-state index is 0.102. The SMILES string of the molecule is CC1(C)C[C@@H]1C(=O)NCCSCC(=O)O. The summed E-state index contributed by atoms with van der Waals surface area (Å²) in [6.45, 7) is 4.72. The Hall–Kier alpha value is -0.710. The molecule has 1 rings (SSSR count). The predicted octanol–water partition coefficient (Wildman–Crippen LogP) is 0.967. The van der Waals surface area contributed by atoms with Gasteiger partial charge < -0.3 is 10.4 Å². The third kappa shape index (κ3) is 4.11. The second-order valence-electron chi connectivity index (χ2n) is 4.48. The van der Waals surface area contributed by atoms with Crippen molar-refractivity contribution in [3.63, 3.8) is 0 Å². The number of hydrogen-bond acceptors (Lipinski definition) is 3. The normalized spacial score (nSPS) is 22.1. The molecule has 1 aliphatic carbocycles. The molecule has 1 atom stereocenters. The van der Waals surface area contributed by atoms with Gasteiger partial charge in [0.05, 0.1) is 5.75 Å². The molecule has 0 aromatic rings. The quantitative estimate of drug-likeness (QED) is 0.668. The van der Waals surface area contributed by atoms with Crippen molar-refractivity contribution < 1.29 is 14.7 Å². The van der Waals surface area contributed by atoms with Crippen LogP contribution in [0.5, 0.6) is 0 Å². The average molecular weight is 231 g/mol. The molecule has 1 saturated carbocycles. The second kappa shape index (κ2) is 4.88. The van der Waals surface area contributed by atoms with E-state index in [9.17, 15) is 9.59 Å². The van der Waals surface area contributed by atoms with E-state index in [1.807, 2.05) is 0 Å². The standard InChI is InChI=1S/C10H17NO3S/c1-10(2)5-7(10)9(14)11-3-4-15-6-8(12)13/h7H,3-6H2,1-2H3,(H,11,14)(H,12,13)/t7-/m1/s1. The molecule has 0 spiro atoms. The number of carboxylic acid groups (broad SMARTS) is 1. The maximum Gasteiger partial charge on any atom is 0.313 e. The molecule has 0 aromatic carbocycles. The topological polar surface area (TPSA) is 66.4 Å². The van der Waals surface area contributed by atoms with Crippen LogP contribution in [0.4, 0.5) is 0 Å². The summed E-state index contributed by atoms with van der Waals surface area (Å²) in [6, 6.07) is 0. The largest absolute Gasteiger partial charge is 0.481 e. The summed E-state index contributed by atoms with van der Waals surface area (Å²) in [5.74, 6) is 0.211. The molecule has 0 aromatic heterocycles. The number of carbonyl (C=O) groups is 2. The molecule has 15 heavy (non-hydrogen) atoms. The Kier molecular flexibility index (Phi) is 4.02. The number of carbonyl (C=O) groups excluding carboxylic acids is 1. The van der Waals surface area contributed by atoms with E-state index in [1.165, 1.54) is 11.8 Å². The zero-order valence-corrected chi connectivity index (χ0v) is 9.89. The van der Waals surface area contributed by atoms with Crippen LogP contribution in [0.25, 0.3) is 0 Å². The van der Waals surface area contributed by atoms with Gasteiger partial charge in [-0.15, -0.1) is 11.8 Å². The van der Waals surface area contributed by atoms with Gasteiger partial charge in [0.15, 0.2) is 0 Å². The number of hydrogen-bond donors (Lipinski definition) is 2. The highest BCUT2D eigenvalue weighted by molar-refractivity contribution is 7.99. The van der Waals surface area contributed by atoms with Crippen molar-refractivity contribution in [2.45, 2.75) is 20.3 Å². The van der Waals surface area contributed by atoms with Crippen LogP contribution < -0.4 is 5.32 Å². The Morgan fingerprint density at radius 3 is 2.60 bits per heavy atom. The van der Waals surface area contributed by atoms with Crippen molar-refractivity contribution >= 4 is 23.6 Å². The summed E-state index contributed by atoms with van der Waals surface area (Å²) >= 11 is 1.32. The zero-order valence-electron chi connectivity index (χ0n) is 9.08. The van der Waals surface area contributed by atoms with Crippen LogP contribution in [0.1, 0.15) is 20.3 Å². The van der Waals surface area contributed by atoms with Crippen LogP contribution in [0.3, 0.4) is 0 Å². The fourth-order valence-electron chi connectivity index (χ4n) is 1.44. The third-order valence-electron chi connectivity index (χ3n) is 2.60. The zero-order chi connectivity index (χ0) is 11.5. The lowest BCUT2D eigenvalue weighted by atomic mass is 10.1. The fraction of sp³-hybridized carbons (Fsp3) is 0.800. The van der Waals surface area contributed by atoms with Gasteiger partial charge in [0, 0.05) is 18.2 Å². The molecule has 86 valence electrons. The average Bonchev–Trinajstić information content (AvgIpc) is 2.74. The van der Waals surface area contributed by atoms with Crippen molar-refractivity contribution in [2.75, 3.05) is 18.1 Å². The smallest absolute Gasteiger partial charge is 0.313 e. The number of carboxylic acids is 1. The van der Waals surface area contributed by atoms with Gasteiger partial charge >= 0.3 is 5.97 Å². The first kappa shape index (κ1) is 12.4. The van der Waals surface area contributed by atoms with Gasteiger partial charge in [-0.1, -0.05) is 13.8 Å². The molecule has 0 radical (unpaired) electrons. The summed E-state index contributed by atoms with van der Waals surface area (Å²) < 4.78 is 0. The van der Waals surface area contributed by atoms with E-state index in [1.54, 1.807) is 0 Å². The van der Waals surface area contributed by atoms with Gasteiger partial charge in [-0.05, 0) is 11.8 Å². The second-order valence-corrected chi connectivity index (χ2v) is 5.59. The van der Waals surface area contributed by atoms with Gasteiger partial charge in [-0.25, -0.2) is 0 Å². The summed E-state index contributed by atoms with van der Waals surface area (Å²) in [6.07, 6.45) is 0.959. The Bertz CT molecular complexity index is 265. The Morgan fingerprint density at radius 2 is 2.13 bits per heavy atom. The number of amides is 1. The maximum atomic E-state index is 11.5.